The molecule has 36 heavy (non-hydrogen) atoms. The van der Waals surface area contributed by atoms with E-state index in [4.69, 9.17) is 0 Å². The summed E-state index contributed by atoms with van der Waals surface area (Å²) in [6.07, 6.45) is 1.32. The number of hydrogen-bond acceptors (Lipinski definition) is 6. The number of hydrogen-bond donors (Lipinski definition) is 2. The van der Waals surface area contributed by atoms with Crippen LogP contribution in [-0.2, 0) is 14.8 Å². The average Bonchev–Trinajstić information content (AvgIpc) is 3.24. The molecule has 0 radical (unpaired) electrons. The summed E-state index contributed by atoms with van der Waals surface area (Å²) < 4.78 is 70.5. The van der Waals surface area contributed by atoms with E-state index in [-0.39, 0.29) is 28.9 Å². The lowest BCUT2D eigenvalue weighted by molar-refractivity contribution is -0.274. The van der Waals surface area contributed by atoms with Gasteiger partial charge in [-0.15, -0.1) is 13.2 Å². The van der Waals surface area contributed by atoms with E-state index in [1.54, 1.807) is 4.90 Å². The van der Waals surface area contributed by atoms with Crippen molar-refractivity contribution >= 4 is 15.9 Å². The van der Waals surface area contributed by atoms with Gasteiger partial charge in [-0.2, -0.15) is 5.26 Å². The zero-order chi connectivity index (χ0) is 25.8. The summed E-state index contributed by atoms with van der Waals surface area (Å²) >= 11 is 0. The monoisotopic (exact) mass is 526 g/mol. The van der Waals surface area contributed by atoms with Crippen LogP contribution in [0.2, 0.25) is 0 Å². The highest BCUT2D eigenvalue weighted by atomic mass is 32.2. The molecule has 8 nitrogen and oxygen atoms in total. The van der Waals surface area contributed by atoms with Crippen molar-refractivity contribution in [3.8, 4) is 11.8 Å². The second-order valence-corrected chi connectivity index (χ2v) is 12.6. The number of rotatable bonds is 7. The van der Waals surface area contributed by atoms with Crippen molar-refractivity contribution in [2.45, 2.75) is 79.7 Å². The number of halogens is 3. The Kier molecular flexibility index (Phi) is 6.24. The van der Waals surface area contributed by atoms with Crippen LogP contribution in [0.4, 0.5) is 13.2 Å². The van der Waals surface area contributed by atoms with Crippen LogP contribution in [0.3, 0.4) is 0 Å². The summed E-state index contributed by atoms with van der Waals surface area (Å²) in [4.78, 5) is 14.3. The maximum absolute atomic E-state index is 13.2. The lowest BCUT2D eigenvalue weighted by Crippen LogP contribution is -2.69. The van der Waals surface area contributed by atoms with Gasteiger partial charge in [0.25, 0.3) is 0 Å². The summed E-state index contributed by atoms with van der Waals surface area (Å²) in [6, 6.07) is 6.00. The zero-order valence-corrected chi connectivity index (χ0v) is 20.5. The van der Waals surface area contributed by atoms with E-state index >= 15 is 0 Å². The molecule has 1 aliphatic heterocycles. The van der Waals surface area contributed by atoms with Gasteiger partial charge < -0.3 is 15.0 Å². The largest absolute Gasteiger partial charge is 0.573 e. The number of alkyl halides is 3. The molecule has 1 amide bonds. The third-order valence-corrected chi connectivity index (χ3v) is 9.71. The molecule has 1 aromatic rings. The lowest BCUT2D eigenvalue weighted by Gasteiger charge is -2.62. The van der Waals surface area contributed by atoms with Crippen molar-refractivity contribution in [3.05, 3.63) is 24.3 Å². The van der Waals surface area contributed by atoms with E-state index in [0.29, 0.717) is 44.1 Å². The highest BCUT2D eigenvalue weighted by Gasteiger charge is 2.58. The van der Waals surface area contributed by atoms with E-state index in [9.17, 15) is 31.6 Å². The maximum atomic E-state index is 13.2. The molecule has 4 bridgehead atoms. The molecule has 1 heterocycles. The number of nitriles is 1. The maximum Gasteiger partial charge on any atom is 0.573 e. The second-order valence-electron chi connectivity index (χ2n) is 10.9. The Balaban J connectivity index is 1.29. The smallest absolute Gasteiger partial charge is 0.406 e. The fraction of sp³-hybridized carbons (Fsp3) is 0.667. The minimum atomic E-state index is -4.86. The van der Waals surface area contributed by atoms with Crippen LogP contribution in [-0.4, -0.2) is 55.8 Å². The third kappa shape index (κ3) is 5.06. The molecule has 196 valence electrons. The highest BCUT2D eigenvalue weighted by molar-refractivity contribution is 7.89. The van der Waals surface area contributed by atoms with E-state index in [1.807, 2.05) is 0 Å². The molecule has 6 rings (SSSR count). The summed E-state index contributed by atoms with van der Waals surface area (Å²) in [6.45, 7) is 0.689. The molecule has 2 unspecified atom stereocenters. The molecule has 4 aliphatic carbocycles. The minimum absolute atomic E-state index is 0.106. The minimum Gasteiger partial charge on any atom is -0.406 e. The van der Waals surface area contributed by atoms with E-state index in [1.165, 1.54) is 0 Å². The van der Waals surface area contributed by atoms with Crippen molar-refractivity contribution in [1.82, 2.24) is 14.9 Å². The van der Waals surface area contributed by atoms with Crippen molar-refractivity contribution in [2.24, 2.45) is 11.8 Å². The molecule has 5 aliphatic rings. The SMILES string of the molecule is N#C[C@@H]1CCCN1C(=O)CNC12CC3CC(C1)CC(NS(=O)(=O)c1ccc(OC(F)(F)F)cc1)(C3)C2. The van der Waals surface area contributed by atoms with Crippen molar-refractivity contribution in [2.75, 3.05) is 13.1 Å². The van der Waals surface area contributed by atoms with Crippen LogP contribution >= 0.6 is 0 Å². The van der Waals surface area contributed by atoms with Gasteiger partial charge in [-0.25, -0.2) is 13.1 Å². The number of carbonyl (C=O) groups is 1. The predicted molar refractivity (Wildman–Crippen MR) is 122 cm³/mol. The Hall–Kier alpha value is -2.36. The molecule has 1 aromatic carbocycles. The van der Waals surface area contributed by atoms with Gasteiger partial charge in [0.15, 0.2) is 0 Å². The second kappa shape index (κ2) is 8.89. The van der Waals surface area contributed by atoms with Gasteiger partial charge in [-0.3, -0.25) is 4.79 Å². The van der Waals surface area contributed by atoms with E-state index in [0.717, 1.165) is 49.9 Å². The molecule has 1 saturated heterocycles. The number of amides is 1. The Morgan fingerprint density at radius 3 is 2.39 bits per heavy atom. The first kappa shape index (κ1) is 25.3. The van der Waals surface area contributed by atoms with Crippen LogP contribution in [0.5, 0.6) is 5.75 Å². The number of nitrogens with one attached hydrogen (secondary N) is 2. The fourth-order valence-corrected chi connectivity index (χ4v) is 8.74. The number of sulfonamides is 1. The Morgan fingerprint density at radius 1 is 1.14 bits per heavy atom. The molecular formula is C24H29F3N4O4S. The number of nitrogens with zero attached hydrogens (tertiary/aromatic N) is 2. The van der Waals surface area contributed by atoms with Crippen LogP contribution in [0.15, 0.2) is 29.2 Å². The van der Waals surface area contributed by atoms with Crippen molar-refractivity contribution < 1.29 is 31.1 Å². The summed E-state index contributed by atoms with van der Waals surface area (Å²) in [7, 11) is -3.99. The van der Waals surface area contributed by atoms with Gasteiger partial charge in [-0.05, 0) is 87.5 Å². The van der Waals surface area contributed by atoms with Gasteiger partial charge in [0.2, 0.25) is 15.9 Å². The lowest BCUT2D eigenvalue weighted by atomic mass is 9.50. The molecule has 3 atom stereocenters. The molecular weight excluding hydrogens is 497 g/mol. The zero-order valence-electron chi connectivity index (χ0n) is 19.7. The molecule has 0 aromatic heterocycles. The van der Waals surface area contributed by atoms with Crippen molar-refractivity contribution in [3.63, 3.8) is 0 Å². The summed E-state index contributed by atoms with van der Waals surface area (Å²) in [5, 5.41) is 12.8. The molecule has 2 N–H and O–H groups in total. The van der Waals surface area contributed by atoms with Crippen LogP contribution < -0.4 is 14.8 Å². The van der Waals surface area contributed by atoms with Crippen LogP contribution in [0.1, 0.15) is 51.4 Å². The van der Waals surface area contributed by atoms with Crippen LogP contribution in [0.25, 0.3) is 0 Å². The molecule has 5 fully saturated rings. The first-order valence-electron chi connectivity index (χ1n) is 12.2. The van der Waals surface area contributed by atoms with E-state index < -0.39 is 27.7 Å². The Morgan fingerprint density at radius 2 is 1.78 bits per heavy atom. The van der Waals surface area contributed by atoms with Gasteiger partial charge in [-0.1, -0.05) is 0 Å². The first-order valence-corrected chi connectivity index (χ1v) is 13.7. The Labute approximate surface area is 208 Å². The normalized spacial score (nSPS) is 33.5. The van der Waals surface area contributed by atoms with Crippen molar-refractivity contribution in [1.29, 1.82) is 5.26 Å². The van der Waals surface area contributed by atoms with Gasteiger partial charge >= 0.3 is 6.36 Å². The quantitative estimate of drug-likeness (QED) is 0.565. The highest BCUT2D eigenvalue weighted by Crippen LogP contribution is 2.57. The number of likely N-dealkylation sites (tertiary alicyclic amines) is 1. The summed E-state index contributed by atoms with van der Waals surface area (Å²) in [5.74, 6) is 0.0434. The molecule has 0 spiro atoms. The van der Waals surface area contributed by atoms with Crippen LogP contribution in [0, 0.1) is 23.2 Å². The first-order chi connectivity index (χ1) is 16.9. The predicted octanol–water partition coefficient (Wildman–Crippen LogP) is 3.06. The molecule has 12 heteroatoms. The number of ether oxygens (including phenoxy) is 1. The standard InChI is InChI=1S/C24H29F3N4O4S/c25-24(26,27)35-19-3-5-20(6-4-19)36(33,34)30-23-11-16-8-17(12-23)10-22(9-16,15-23)29-14-21(32)31-7-1-2-18(31)13-28/h3-6,16-18,29-30H,1-2,7-12,14-15H2/t16?,17?,18-,22?,23?/m0/s1. The number of benzene rings is 1. The summed E-state index contributed by atoms with van der Waals surface area (Å²) in [5.41, 5.74) is -1.04. The average molecular weight is 527 g/mol. The fourth-order valence-electron chi connectivity index (χ4n) is 7.32. The third-order valence-electron chi connectivity index (χ3n) is 8.12. The van der Waals surface area contributed by atoms with Gasteiger partial charge in [0, 0.05) is 17.6 Å². The number of carbonyl (C=O) groups excluding carboxylic acids is 1. The topological polar surface area (TPSA) is 112 Å². The molecule has 4 saturated carbocycles. The van der Waals surface area contributed by atoms with Gasteiger partial charge in [0.1, 0.15) is 11.8 Å². The Bertz CT molecular complexity index is 1150. The van der Waals surface area contributed by atoms with E-state index in [2.05, 4.69) is 20.8 Å². The van der Waals surface area contributed by atoms with Gasteiger partial charge in [0.05, 0.1) is 17.5 Å².